The van der Waals surface area contributed by atoms with Gasteiger partial charge in [0, 0.05) is 79.6 Å². The number of nitrogens with one attached hydrogen (secondary N) is 1. The van der Waals surface area contributed by atoms with E-state index < -0.39 is 0 Å². The van der Waals surface area contributed by atoms with Crippen molar-refractivity contribution < 1.29 is 0 Å². The van der Waals surface area contributed by atoms with Crippen LogP contribution >= 0.6 is 34.8 Å². The van der Waals surface area contributed by atoms with Crippen molar-refractivity contribution in [2.75, 3.05) is 29.8 Å². The number of hydrogen-bond donors (Lipinski definition) is 1. The lowest BCUT2D eigenvalue weighted by molar-refractivity contribution is 1.24. The Bertz CT molecular complexity index is 6070. The van der Waals surface area contributed by atoms with Crippen LogP contribution in [0.4, 0.5) is 96.7 Å². The van der Waals surface area contributed by atoms with Gasteiger partial charge in [-0.15, -0.1) is 0 Å². The van der Waals surface area contributed by atoms with Crippen molar-refractivity contribution in [1.29, 1.82) is 0 Å². The normalized spacial score (nSPS) is 10.7. The van der Waals surface area contributed by atoms with Gasteiger partial charge in [-0.3, -0.25) is 0 Å². The van der Waals surface area contributed by atoms with Gasteiger partial charge in [-0.25, -0.2) is 0 Å². The summed E-state index contributed by atoms with van der Waals surface area (Å²) in [5.74, 6) is 0. The molecule has 18 aromatic rings. The molecule has 0 saturated heterocycles. The molecule has 1 N–H and O–H groups in total. The summed E-state index contributed by atoms with van der Waals surface area (Å²) < 4.78 is 0. The highest BCUT2D eigenvalue weighted by Crippen LogP contribution is 2.50. The van der Waals surface area contributed by atoms with Gasteiger partial charge >= 0.3 is 0 Å². The van der Waals surface area contributed by atoms with Crippen LogP contribution in [0.3, 0.4) is 0 Å². The third-order valence-corrected chi connectivity index (χ3v) is 21.3. The van der Waals surface area contributed by atoms with E-state index >= 15 is 0 Å². The molecule has 0 bridgehead atoms. The molecule has 18 rings (SSSR count). The van der Waals surface area contributed by atoms with E-state index in [0.717, 1.165) is 113 Å². The molecular weight excluding hydrogens is 1490 g/mol. The lowest BCUT2D eigenvalue weighted by Gasteiger charge is -2.32. The molecule has 18 aromatic carbocycles. The minimum atomic E-state index is 0.504. The van der Waals surface area contributed by atoms with Crippen LogP contribution in [0, 0.1) is 0 Å². The van der Waals surface area contributed by atoms with Crippen LogP contribution in [0.15, 0.2) is 485 Å². The van der Waals surface area contributed by atoms with Crippen molar-refractivity contribution in [3.05, 3.63) is 500 Å². The summed E-state index contributed by atoms with van der Waals surface area (Å²) in [5.41, 5.74) is 26.4. The third-order valence-electron chi connectivity index (χ3n) is 20.1. The molecule has 0 aliphatic rings. The van der Waals surface area contributed by atoms with Crippen LogP contribution in [0.25, 0.3) is 44.5 Å². The van der Waals surface area contributed by atoms with Gasteiger partial charge in [0.2, 0.25) is 0 Å². The Hall–Kier alpha value is -14.4. The highest BCUT2D eigenvalue weighted by molar-refractivity contribution is 6.44. The molecule has 0 atom stereocenters. The fourth-order valence-corrected chi connectivity index (χ4v) is 15.2. The van der Waals surface area contributed by atoms with Gasteiger partial charge in [-0.2, -0.15) is 0 Å². The second-order valence-electron chi connectivity index (χ2n) is 27.8. The molecule has 0 heterocycles. The molecule has 0 aliphatic heterocycles. The summed E-state index contributed by atoms with van der Waals surface area (Å²) in [6.45, 7) is 0. The van der Waals surface area contributed by atoms with Gasteiger partial charge < -0.3 is 29.8 Å². The minimum Gasteiger partial charge on any atom is -0.356 e. The van der Waals surface area contributed by atoms with Gasteiger partial charge in [0.1, 0.15) is 0 Å². The zero-order chi connectivity index (χ0) is 79.3. The van der Waals surface area contributed by atoms with Crippen LogP contribution in [-0.4, -0.2) is 0 Å². The summed E-state index contributed by atoms with van der Waals surface area (Å²) in [6.07, 6.45) is 0. The number of hydrogen-bond acceptors (Lipinski definition) is 6. The van der Waals surface area contributed by atoms with Gasteiger partial charge in [0.25, 0.3) is 0 Å². The monoisotopic (exact) mass is 1570 g/mol. The predicted molar refractivity (Wildman–Crippen MR) is 499 cm³/mol. The van der Waals surface area contributed by atoms with E-state index in [1.54, 1.807) is 0 Å². The molecule has 0 fully saturated rings. The number of nitrogens with zero attached hydrogens (tertiary/aromatic N) is 5. The minimum absolute atomic E-state index is 0.504. The van der Waals surface area contributed by atoms with Crippen molar-refractivity contribution in [3.63, 3.8) is 0 Å². The molecule has 117 heavy (non-hydrogen) atoms. The largest absolute Gasteiger partial charge is 0.356 e. The molecule has 9 heteroatoms. The zero-order valence-electron chi connectivity index (χ0n) is 64.1. The van der Waals surface area contributed by atoms with Gasteiger partial charge in [0.05, 0.1) is 32.1 Å². The van der Waals surface area contributed by atoms with Crippen LogP contribution < -0.4 is 29.8 Å². The summed E-state index contributed by atoms with van der Waals surface area (Å²) >= 11 is 21.1. The highest BCUT2D eigenvalue weighted by Gasteiger charge is 2.25. The zero-order valence-corrected chi connectivity index (χ0v) is 66.3. The molecule has 0 spiro atoms. The van der Waals surface area contributed by atoms with E-state index in [2.05, 4.69) is 436 Å². The quantitative estimate of drug-likeness (QED) is 0.0771. The second kappa shape index (κ2) is 37.5. The van der Waals surface area contributed by atoms with E-state index in [9.17, 15) is 0 Å². The SMILES string of the molecule is Clc1c(N(c2ccccc2)c2ccc(-c3ccccc3)cc2)cccc1N(c1ccc(-c2ccccc2)cc1)c1cccc(N(c2ccccc2)c2ccccc2)c1.Clc1cccc(N(c2ccc(-c3ccccc3)cc2)c2cccc(N(c3ccccc3)c3ccccc3)c2)c1Cl.c1ccc(Nc2ccc(-c3ccccc3)cc2)cc1. The van der Waals surface area contributed by atoms with Gasteiger partial charge in [0.15, 0.2) is 0 Å². The Morgan fingerprint density at radius 2 is 0.342 bits per heavy atom. The van der Waals surface area contributed by atoms with Crippen molar-refractivity contribution in [3.8, 4) is 44.5 Å². The third kappa shape index (κ3) is 18.5. The highest BCUT2D eigenvalue weighted by atomic mass is 35.5. The van der Waals surface area contributed by atoms with Crippen LogP contribution in [0.1, 0.15) is 0 Å². The average molecular weight is 1570 g/mol. The first-order valence-corrected chi connectivity index (χ1v) is 40.1. The van der Waals surface area contributed by atoms with Gasteiger partial charge in [-0.1, -0.05) is 338 Å². The average Bonchev–Trinajstić information content (AvgIpc) is 0.771. The van der Waals surface area contributed by atoms with E-state index in [1.165, 1.54) is 27.8 Å². The van der Waals surface area contributed by atoms with Crippen LogP contribution in [0.5, 0.6) is 0 Å². The first kappa shape index (κ1) is 76.6. The molecule has 0 aromatic heterocycles. The smallest absolute Gasteiger partial charge is 0.0887 e. The summed E-state index contributed by atoms with van der Waals surface area (Å²) in [5, 5.41) is 5.02. The van der Waals surface area contributed by atoms with Crippen molar-refractivity contribution >= 4 is 131 Å². The predicted octanol–water partition coefficient (Wildman–Crippen LogP) is 32.8. The first-order valence-electron chi connectivity index (χ1n) is 38.9. The van der Waals surface area contributed by atoms with Crippen LogP contribution in [0.2, 0.25) is 15.1 Å². The first-order chi connectivity index (χ1) is 57.8. The lowest BCUT2D eigenvalue weighted by Crippen LogP contribution is -2.15. The topological polar surface area (TPSA) is 28.2 Å². The van der Waals surface area contributed by atoms with E-state index in [4.69, 9.17) is 34.8 Å². The maximum absolute atomic E-state index is 7.75. The van der Waals surface area contributed by atoms with Gasteiger partial charge in [-0.05, 0) is 226 Å². The number of anilines is 17. The molecule has 0 amide bonds. The second-order valence-corrected chi connectivity index (χ2v) is 28.9. The molecule has 564 valence electrons. The number of halogens is 3. The van der Waals surface area contributed by atoms with Crippen molar-refractivity contribution in [1.82, 2.24) is 0 Å². The molecule has 0 radical (unpaired) electrons. The van der Waals surface area contributed by atoms with E-state index in [1.807, 2.05) is 78.9 Å². The number of para-hydroxylation sites is 6. The fraction of sp³-hybridized carbons (Fsp3) is 0. The standard InChI is InChI=1S/C54H40ClN3.C36H26Cl2N2.C18H15N/c55-54-52(57(47-26-14-5-15-27-47)48-36-32-43(33-37-48)41-18-6-1-7-19-41)30-17-31-53(54)58(49-38-34-44(35-39-49)42-20-8-2-9-21-42)51-29-16-28-50(40-51)56(45-22-10-3-11-23-45)46-24-12-4-13-25-46;37-34-20-11-21-35(36(34)38)40(31-24-22-28(23-25-31)27-12-4-1-5-13-27)33-19-10-18-32(26-33)39(29-14-6-2-7-15-29)30-16-8-3-9-17-30;1-3-7-15(8-4-1)16-11-13-18(14-12-16)19-17-9-5-2-6-10-17/h1-40H;1-26H;1-14,19H. The Balaban J connectivity index is 0.000000149. The lowest BCUT2D eigenvalue weighted by atomic mass is 10.0. The Kier molecular flexibility index (Phi) is 24.6. The summed E-state index contributed by atoms with van der Waals surface area (Å²) in [7, 11) is 0. The summed E-state index contributed by atoms with van der Waals surface area (Å²) in [4.78, 5) is 11.2. The maximum Gasteiger partial charge on any atom is 0.0887 e. The Morgan fingerprint density at radius 1 is 0.145 bits per heavy atom. The van der Waals surface area contributed by atoms with Crippen molar-refractivity contribution in [2.45, 2.75) is 0 Å². The molecule has 0 saturated carbocycles. The molecular formula is C108H81Cl3N6. The Morgan fingerprint density at radius 3 is 0.650 bits per heavy atom. The maximum atomic E-state index is 7.75. The summed E-state index contributed by atoms with van der Waals surface area (Å²) in [6, 6.07) is 168. The van der Waals surface area contributed by atoms with E-state index in [-0.39, 0.29) is 0 Å². The molecule has 0 unspecified atom stereocenters. The van der Waals surface area contributed by atoms with Crippen LogP contribution in [-0.2, 0) is 0 Å². The Labute approximate surface area is 701 Å². The molecule has 0 aliphatic carbocycles. The molecule has 6 nitrogen and oxygen atoms in total. The van der Waals surface area contributed by atoms with E-state index in [0.29, 0.717) is 15.1 Å². The van der Waals surface area contributed by atoms with Crippen molar-refractivity contribution in [2.24, 2.45) is 0 Å². The fourth-order valence-electron chi connectivity index (χ4n) is 14.5. The number of benzene rings is 18. The number of rotatable bonds is 21.